The fourth-order valence-electron chi connectivity index (χ4n) is 20.9. The number of likely N-dealkylation sites (N-methyl/N-ethyl adjacent to an activating group) is 1. The van der Waals surface area contributed by atoms with Crippen LogP contribution in [0, 0.1) is 91.7 Å². The van der Waals surface area contributed by atoms with E-state index in [-0.39, 0.29) is 42.2 Å². The van der Waals surface area contributed by atoms with Gasteiger partial charge in [0.15, 0.2) is 0 Å². The van der Waals surface area contributed by atoms with Crippen LogP contribution in [0.15, 0.2) is 0 Å². The van der Waals surface area contributed by atoms with Crippen LogP contribution >= 0.6 is 0 Å². The topological polar surface area (TPSA) is 255 Å². The first-order valence-electron chi connectivity index (χ1n) is 36.9. The number of nitrogens with zero attached hydrogens (tertiary/aromatic N) is 10. The van der Waals surface area contributed by atoms with Gasteiger partial charge in [0.2, 0.25) is 0 Å². The van der Waals surface area contributed by atoms with Crippen LogP contribution in [0.4, 0.5) is 0 Å². The highest BCUT2D eigenvalue weighted by atomic mass is 16.3. The van der Waals surface area contributed by atoms with Crippen LogP contribution in [-0.2, 0) is 0 Å². The van der Waals surface area contributed by atoms with Gasteiger partial charge in [0.05, 0.1) is 54.4 Å². The smallest absolute Gasteiger partial charge is 0.0966 e. The summed E-state index contributed by atoms with van der Waals surface area (Å²) in [6.07, 6.45) is 16.4. The van der Waals surface area contributed by atoms with Crippen LogP contribution in [0.5, 0.6) is 0 Å². The summed E-state index contributed by atoms with van der Waals surface area (Å²) in [5, 5.41) is 101. The number of hydrogen-bond acceptors (Lipinski definition) is 21. The summed E-state index contributed by atoms with van der Waals surface area (Å²) in [5.74, 6) is 6.42. The van der Waals surface area contributed by atoms with Gasteiger partial charge < -0.3 is 105 Å². The molecule has 0 aromatic rings. The maximum atomic E-state index is 9.67. The van der Waals surface area contributed by atoms with Gasteiger partial charge >= 0.3 is 0 Å². The van der Waals surface area contributed by atoms with E-state index in [0.29, 0.717) is 93.7 Å². The molecule has 0 aromatic carbocycles. The summed E-state index contributed by atoms with van der Waals surface area (Å²) < 4.78 is 0. The lowest BCUT2D eigenvalue weighted by Crippen LogP contribution is -2.46. The number of aliphatic hydroxyl groups excluding tert-OH is 8. The normalized spacial score (nSPS) is 50.6. The van der Waals surface area contributed by atoms with Gasteiger partial charge in [0.1, 0.15) is 0 Å². The molecule has 20 fully saturated rings. The van der Waals surface area contributed by atoms with Crippen molar-refractivity contribution in [3.8, 4) is 0 Å². The van der Waals surface area contributed by atoms with Gasteiger partial charge in [-0.3, -0.25) is 0 Å². The summed E-state index contributed by atoms with van der Waals surface area (Å²) >= 11 is 0. The Hall–Kier alpha value is -0.840. The maximum absolute atomic E-state index is 9.67. The fourth-order valence-corrected chi connectivity index (χ4v) is 20.9. The van der Waals surface area contributed by atoms with Crippen LogP contribution in [0.3, 0.4) is 0 Å². The minimum atomic E-state index is -0.702. The summed E-state index contributed by atoms with van der Waals surface area (Å²) in [7, 11) is 21.2. The molecular formula is C72H134N10O11. The number of β-amino-alcohol motifs (C(OH)–C–C–N with tert-alkyl or cyclic N) is 1. The molecule has 10 saturated carbocycles. The number of piperidine rings is 5. The molecule has 18 atom stereocenters. The Morgan fingerprint density at radius 1 is 0.398 bits per heavy atom. The molecule has 0 bridgehead atoms. The Morgan fingerprint density at radius 2 is 0.882 bits per heavy atom. The van der Waals surface area contributed by atoms with Gasteiger partial charge in [-0.1, -0.05) is 0 Å². The van der Waals surface area contributed by atoms with Crippen LogP contribution in [0.1, 0.15) is 96.8 Å². The molecule has 20 rings (SSSR count). The largest absolute Gasteiger partial charge is 0.396 e. The molecule has 21 nitrogen and oxygen atoms in total. The summed E-state index contributed by atoms with van der Waals surface area (Å²) in [5.41, 5.74) is 1.15. The average molecular weight is 1320 g/mol. The van der Waals surface area contributed by atoms with E-state index in [2.05, 4.69) is 112 Å². The van der Waals surface area contributed by atoms with E-state index in [0.717, 1.165) is 128 Å². The van der Waals surface area contributed by atoms with Crippen LogP contribution in [0.2, 0.25) is 0 Å². The van der Waals surface area contributed by atoms with Gasteiger partial charge in [-0.15, -0.1) is 0 Å². The average Bonchev–Trinajstić information content (AvgIpc) is 1.55. The lowest BCUT2D eigenvalue weighted by Gasteiger charge is -2.43. The molecular weight excluding hydrogens is 1180 g/mol. The maximum Gasteiger partial charge on any atom is 0.0966 e. The van der Waals surface area contributed by atoms with E-state index in [1.165, 1.54) is 110 Å². The lowest BCUT2D eigenvalue weighted by atomic mass is 9.66. The highest BCUT2D eigenvalue weighted by Crippen LogP contribution is 2.62. The molecule has 20 aliphatic rings. The van der Waals surface area contributed by atoms with Crippen molar-refractivity contribution in [3.63, 3.8) is 0 Å². The third-order valence-electron chi connectivity index (χ3n) is 28.4. The Labute approximate surface area is 560 Å². The van der Waals surface area contributed by atoms with Crippen molar-refractivity contribution in [2.24, 2.45) is 91.7 Å². The number of rotatable bonds is 4. The molecule has 10 saturated heterocycles. The second-order valence-corrected chi connectivity index (χ2v) is 36.5. The minimum absolute atomic E-state index is 0.0115. The number of fused-ring (bicyclic) bond motifs is 5. The number of hydrogen-bond donors (Lipinski definition) is 11. The molecule has 10 aliphatic carbocycles. The highest BCUT2D eigenvalue weighted by molar-refractivity contribution is 5.18. The molecule has 21 heteroatoms. The third kappa shape index (κ3) is 16.3. The summed E-state index contributed by atoms with van der Waals surface area (Å²) in [6, 6.07) is 0. The zero-order chi connectivity index (χ0) is 67.2. The van der Waals surface area contributed by atoms with E-state index in [9.17, 15) is 25.5 Å². The third-order valence-corrected chi connectivity index (χ3v) is 28.4. The molecule has 16 unspecified atom stereocenters. The molecule has 5 spiro atoms. The van der Waals surface area contributed by atoms with Crippen molar-refractivity contribution in [2.75, 3.05) is 228 Å². The first-order chi connectivity index (χ1) is 43.8. The molecule has 10 aliphatic heterocycles. The SMILES string of the molecule is CN1CC2C(C1)C2(O)CO.CN1CC2C(CO)C2C1.CN1CC2C(O)C2C1.CN1CC2C[C@]2(CO)C1.CN1CC2C[C@]2(O)C1.CN1CCC2(C1)CC2(C)O.CN1CCC2(CC(O)C2)C1.CN1CCC2(CC2CO)C1.CN1CCC2(CC2O)C1.CN1CCC2(CCC2O)C1. The van der Waals surface area contributed by atoms with Gasteiger partial charge in [0, 0.05) is 163 Å². The van der Waals surface area contributed by atoms with Crippen LogP contribution in [-0.4, -0.2) is 374 Å². The molecule has 93 heavy (non-hydrogen) atoms. The monoisotopic (exact) mass is 1320 g/mol. The second-order valence-electron chi connectivity index (χ2n) is 36.5. The van der Waals surface area contributed by atoms with Gasteiger partial charge in [-0.05, 0) is 240 Å². The first-order valence-corrected chi connectivity index (χ1v) is 36.9. The van der Waals surface area contributed by atoms with Gasteiger partial charge in [-0.25, -0.2) is 0 Å². The van der Waals surface area contributed by atoms with E-state index >= 15 is 0 Å². The minimum Gasteiger partial charge on any atom is -0.396 e. The zero-order valence-corrected chi connectivity index (χ0v) is 59.8. The lowest BCUT2D eigenvalue weighted by molar-refractivity contribution is -0.0554. The van der Waals surface area contributed by atoms with Crippen molar-refractivity contribution in [1.82, 2.24) is 49.0 Å². The van der Waals surface area contributed by atoms with E-state index in [1.54, 1.807) is 0 Å². The Morgan fingerprint density at radius 3 is 1.17 bits per heavy atom. The molecule has 0 amide bonds. The molecule has 11 N–H and O–H groups in total. The molecule has 0 aromatic heterocycles. The quantitative estimate of drug-likeness (QED) is 0.172. The summed E-state index contributed by atoms with van der Waals surface area (Å²) in [6.45, 7) is 25.8. The Bertz CT molecular complexity index is 2410. The van der Waals surface area contributed by atoms with Crippen molar-refractivity contribution in [1.29, 1.82) is 0 Å². The fraction of sp³-hybridized carbons (Fsp3) is 1.00. The molecule has 538 valence electrons. The Balaban J connectivity index is 0.000000106. The van der Waals surface area contributed by atoms with E-state index in [1.807, 2.05) is 14.0 Å². The van der Waals surface area contributed by atoms with Crippen LogP contribution < -0.4 is 0 Å². The molecule has 0 radical (unpaired) electrons. The van der Waals surface area contributed by atoms with E-state index in [4.69, 9.17) is 30.6 Å². The predicted molar refractivity (Wildman–Crippen MR) is 362 cm³/mol. The zero-order valence-electron chi connectivity index (χ0n) is 59.8. The highest BCUT2D eigenvalue weighted by Gasteiger charge is 2.68. The predicted octanol–water partition coefficient (Wildman–Crippen LogP) is -0.378. The van der Waals surface area contributed by atoms with Crippen LogP contribution in [0.25, 0.3) is 0 Å². The van der Waals surface area contributed by atoms with Crippen molar-refractivity contribution in [2.45, 2.75) is 138 Å². The van der Waals surface area contributed by atoms with Crippen molar-refractivity contribution < 1.29 is 56.2 Å². The number of aliphatic hydroxyl groups is 11. The van der Waals surface area contributed by atoms with Crippen molar-refractivity contribution >= 4 is 0 Å². The van der Waals surface area contributed by atoms with Gasteiger partial charge in [0.25, 0.3) is 0 Å². The van der Waals surface area contributed by atoms with Crippen molar-refractivity contribution in [3.05, 3.63) is 0 Å². The Kier molecular flexibility index (Phi) is 22.0. The standard InChI is InChI=1S/4C8H15NO.C7H13NO2.3C7H13NO.2C6H11NO/c1-7(10)5-8(7)3-4-9(2)6-8;1-9-3-2-8(6-9)4-7(8)5-10;1-9-3-2-8(6-9)4-7(10)5-8;1-9-5-4-8(6-9)3-2-7(8)10;1-8-2-5-6(3-8)7(5,10)4-9;1-8-3-6-2-7(6,4-8)5-9;1-8-2-5-6(3-8)7(5)4-9;1-8-3-2-7(5-8)4-6(7)9;1-7-3-5-2-6(5,8)4-7;1-7-2-4-5(3-7)6(4)8/h10H,3-6H2,1-2H3;3*7,10H,2-6H2,1H3;5-6,9-10H,2-4H2,1H3;6,9H,2-5H2,1H3;5-7,9H,2-4H2,1H3;6,9H,2-5H2,1H3;5,8H,2-4H2,1H3;4-6,8H,2-3H2,1H3/t;;;;;6?,7-;;;5?,6-;/m.....1..0./s1. The van der Waals surface area contributed by atoms with Gasteiger partial charge in [-0.2, -0.15) is 0 Å². The molecule has 10 heterocycles. The first kappa shape index (κ1) is 73.4. The van der Waals surface area contributed by atoms with E-state index < -0.39 is 5.60 Å². The summed E-state index contributed by atoms with van der Waals surface area (Å²) in [4.78, 5) is 23.0. The number of likely N-dealkylation sites (tertiary alicyclic amines) is 10. The second kappa shape index (κ2) is 27.8.